The Balaban J connectivity index is 1.83. The van der Waals surface area contributed by atoms with Crippen LogP contribution in [0.15, 0.2) is 28.6 Å². The molecule has 0 saturated carbocycles. The second-order valence-corrected chi connectivity index (χ2v) is 7.38. The van der Waals surface area contributed by atoms with E-state index in [2.05, 4.69) is 20.3 Å². The molecule has 0 unspecified atom stereocenters. The zero-order chi connectivity index (χ0) is 19.2. The highest BCUT2D eigenvalue weighted by atomic mass is 32.2. The van der Waals surface area contributed by atoms with Gasteiger partial charge in [0.05, 0.1) is 11.9 Å². The van der Waals surface area contributed by atoms with Crippen molar-refractivity contribution in [2.75, 3.05) is 5.75 Å². The van der Waals surface area contributed by atoms with Crippen molar-refractivity contribution >= 4 is 29.0 Å². The van der Waals surface area contributed by atoms with Crippen LogP contribution in [0.25, 0.3) is 0 Å². The Labute approximate surface area is 156 Å². The Hall–Kier alpha value is -2.01. The van der Waals surface area contributed by atoms with E-state index in [1.54, 1.807) is 6.07 Å². The molecule has 0 radical (unpaired) electrons. The molecule has 1 heterocycles. The number of amides is 1. The molecular weight excluding hydrogens is 391 g/mol. The molecule has 0 aliphatic carbocycles. The van der Waals surface area contributed by atoms with Gasteiger partial charge in [0.25, 0.3) is 5.19 Å². The fourth-order valence-corrected chi connectivity index (χ4v) is 3.39. The summed E-state index contributed by atoms with van der Waals surface area (Å²) in [5.74, 6) is -0.635. The summed E-state index contributed by atoms with van der Waals surface area (Å²) in [6.45, 7) is 3.65. The Kier molecular flexibility index (Phi) is 7.09. The smallest absolute Gasteiger partial charge is 0.466 e. The molecule has 0 saturated heterocycles. The van der Waals surface area contributed by atoms with Crippen LogP contribution in [0.2, 0.25) is 0 Å². The van der Waals surface area contributed by atoms with Gasteiger partial charge in [-0.25, -0.2) is 0 Å². The topological polar surface area (TPSA) is 73.3 Å². The third-order valence-electron chi connectivity index (χ3n) is 2.73. The highest BCUT2D eigenvalue weighted by molar-refractivity contribution is 8.01. The largest absolute Gasteiger partial charge is 0.573 e. The lowest BCUT2D eigenvalue weighted by atomic mass is 10.2. The van der Waals surface area contributed by atoms with E-state index in [1.165, 1.54) is 41.3 Å². The first-order valence-corrected chi connectivity index (χ1v) is 9.26. The molecule has 0 aliphatic rings. The van der Waals surface area contributed by atoms with Crippen molar-refractivity contribution in [1.82, 2.24) is 15.5 Å². The van der Waals surface area contributed by atoms with Crippen molar-refractivity contribution in [2.45, 2.75) is 37.2 Å². The second-order valence-electron chi connectivity index (χ2n) is 5.22. The van der Waals surface area contributed by atoms with Gasteiger partial charge in [-0.15, -0.1) is 18.3 Å². The maximum Gasteiger partial charge on any atom is 0.573 e. The minimum atomic E-state index is -4.79. The van der Waals surface area contributed by atoms with E-state index >= 15 is 0 Å². The number of carbonyl (C=O) groups is 1. The lowest BCUT2D eigenvalue weighted by Gasteiger charge is -2.13. The van der Waals surface area contributed by atoms with Crippen molar-refractivity contribution in [1.29, 1.82) is 0 Å². The van der Waals surface area contributed by atoms with Gasteiger partial charge < -0.3 is 14.8 Å². The molecule has 0 aliphatic heterocycles. The van der Waals surface area contributed by atoms with Crippen LogP contribution in [0.3, 0.4) is 0 Å². The van der Waals surface area contributed by atoms with E-state index < -0.39 is 6.36 Å². The SMILES string of the molecule is CC(C)Oc1nnc(SCC(=O)NCc2ccccc2OC(F)(F)F)s1. The molecule has 0 fully saturated rings. The van der Waals surface area contributed by atoms with E-state index in [0.29, 0.717) is 9.53 Å². The number of alkyl halides is 3. The van der Waals surface area contributed by atoms with Gasteiger partial charge in [0, 0.05) is 12.1 Å². The van der Waals surface area contributed by atoms with Crippen LogP contribution in [-0.2, 0) is 11.3 Å². The highest BCUT2D eigenvalue weighted by Crippen LogP contribution is 2.28. The van der Waals surface area contributed by atoms with E-state index in [0.717, 1.165) is 0 Å². The Bertz CT molecular complexity index is 738. The molecule has 6 nitrogen and oxygen atoms in total. The van der Waals surface area contributed by atoms with Gasteiger partial charge in [0.1, 0.15) is 5.75 Å². The van der Waals surface area contributed by atoms with E-state index in [-0.39, 0.29) is 35.6 Å². The number of rotatable bonds is 8. The predicted octanol–water partition coefficient (Wildman–Crippen LogP) is 3.63. The van der Waals surface area contributed by atoms with E-state index in [1.807, 2.05) is 13.8 Å². The Morgan fingerprint density at radius 2 is 2.04 bits per heavy atom. The molecular formula is C15H16F3N3O3S2. The number of aromatic nitrogens is 2. The molecule has 2 aromatic rings. The van der Waals surface area contributed by atoms with Crippen LogP contribution in [0.4, 0.5) is 13.2 Å². The summed E-state index contributed by atoms with van der Waals surface area (Å²) in [5, 5.41) is 10.7. The first kappa shape index (κ1) is 20.3. The van der Waals surface area contributed by atoms with E-state index in [9.17, 15) is 18.0 Å². The molecule has 1 N–H and O–H groups in total. The van der Waals surface area contributed by atoms with Crippen molar-refractivity contribution in [3.8, 4) is 10.9 Å². The summed E-state index contributed by atoms with van der Waals surface area (Å²) in [6, 6.07) is 5.64. The van der Waals surface area contributed by atoms with Gasteiger partial charge in [0.2, 0.25) is 5.91 Å². The average Bonchev–Trinajstić information content (AvgIpc) is 2.97. The molecule has 2 rings (SSSR count). The van der Waals surface area contributed by atoms with Gasteiger partial charge >= 0.3 is 6.36 Å². The maximum absolute atomic E-state index is 12.4. The van der Waals surface area contributed by atoms with Crippen LogP contribution in [0.5, 0.6) is 10.9 Å². The van der Waals surface area contributed by atoms with Crippen LogP contribution in [0, 0.1) is 0 Å². The number of carbonyl (C=O) groups excluding carboxylic acids is 1. The number of ether oxygens (including phenoxy) is 2. The van der Waals surface area contributed by atoms with Crippen molar-refractivity contribution in [3.63, 3.8) is 0 Å². The monoisotopic (exact) mass is 407 g/mol. The number of para-hydroxylation sites is 1. The maximum atomic E-state index is 12.4. The molecule has 1 amide bonds. The summed E-state index contributed by atoms with van der Waals surface area (Å²) in [6.07, 6.45) is -4.81. The fraction of sp³-hybridized carbons (Fsp3) is 0.400. The molecule has 11 heteroatoms. The van der Waals surface area contributed by atoms with Gasteiger partial charge in [-0.3, -0.25) is 4.79 Å². The summed E-state index contributed by atoms with van der Waals surface area (Å²) in [4.78, 5) is 11.9. The second kappa shape index (κ2) is 9.08. The summed E-state index contributed by atoms with van der Waals surface area (Å²) >= 11 is 2.39. The summed E-state index contributed by atoms with van der Waals surface area (Å²) in [7, 11) is 0. The quantitative estimate of drug-likeness (QED) is 0.674. The number of thioether (sulfide) groups is 1. The number of hydrogen-bond acceptors (Lipinski definition) is 7. The van der Waals surface area contributed by atoms with E-state index in [4.69, 9.17) is 4.74 Å². The van der Waals surface area contributed by atoms with Crippen molar-refractivity contribution in [2.24, 2.45) is 0 Å². The zero-order valence-electron chi connectivity index (χ0n) is 13.9. The Morgan fingerprint density at radius 3 is 2.73 bits per heavy atom. The normalized spacial score (nSPS) is 11.5. The predicted molar refractivity (Wildman–Crippen MR) is 91.4 cm³/mol. The third-order valence-corrected chi connectivity index (χ3v) is 4.67. The van der Waals surface area contributed by atoms with Crippen LogP contribution >= 0.6 is 23.1 Å². The first-order valence-electron chi connectivity index (χ1n) is 7.46. The van der Waals surface area contributed by atoms with Crippen molar-refractivity contribution in [3.05, 3.63) is 29.8 Å². The molecule has 142 valence electrons. The fourth-order valence-electron chi connectivity index (χ4n) is 1.75. The third kappa shape index (κ3) is 7.08. The molecule has 0 atom stereocenters. The average molecular weight is 407 g/mol. The minimum absolute atomic E-state index is 0.0249. The highest BCUT2D eigenvalue weighted by Gasteiger charge is 2.31. The molecule has 1 aromatic heterocycles. The number of nitrogens with one attached hydrogen (secondary N) is 1. The van der Waals surface area contributed by atoms with Gasteiger partial charge in [-0.05, 0) is 31.3 Å². The van der Waals surface area contributed by atoms with Crippen molar-refractivity contribution < 1.29 is 27.4 Å². The number of halogens is 3. The summed E-state index contributed by atoms with van der Waals surface area (Å²) in [5.41, 5.74) is 0.228. The molecule has 0 spiro atoms. The van der Waals surface area contributed by atoms with Crippen LogP contribution < -0.4 is 14.8 Å². The first-order chi connectivity index (χ1) is 12.2. The standard InChI is InChI=1S/C15H16F3N3O3S2/c1-9(2)23-13-20-21-14(26-13)25-8-12(22)19-7-10-5-3-4-6-11(10)24-15(16,17)18/h3-6,9H,7-8H2,1-2H3,(H,19,22). The van der Waals surface area contributed by atoms with Gasteiger partial charge in [0.15, 0.2) is 4.34 Å². The van der Waals surface area contributed by atoms with Gasteiger partial charge in [-0.1, -0.05) is 35.1 Å². The minimum Gasteiger partial charge on any atom is -0.466 e. The lowest BCUT2D eigenvalue weighted by Crippen LogP contribution is -2.25. The number of hydrogen-bond donors (Lipinski definition) is 1. The number of benzene rings is 1. The zero-order valence-corrected chi connectivity index (χ0v) is 15.5. The van der Waals surface area contributed by atoms with Crippen LogP contribution in [-0.4, -0.2) is 34.3 Å². The molecule has 26 heavy (non-hydrogen) atoms. The molecule has 1 aromatic carbocycles. The Morgan fingerprint density at radius 1 is 1.31 bits per heavy atom. The molecule has 0 bridgehead atoms. The van der Waals surface area contributed by atoms with Gasteiger partial charge in [-0.2, -0.15) is 0 Å². The van der Waals surface area contributed by atoms with Crippen LogP contribution in [0.1, 0.15) is 19.4 Å². The summed E-state index contributed by atoms with van der Waals surface area (Å²) < 4.78 is 47.0. The number of nitrogens with zero attached hydrogens (tertiary/aromatic N) is 2. The lowest BCUT2D eigenvalue weighted by molar-refractivity contribution is -0.274.